The first-order valence-electron chi connectivity index (χ1n) is 5.81. The number of halogens is 1. The topological polar surface area (TPSA) is 29.1 Å². The minimum absolute atomic E-state index is 0.240. The smallest absolute Gasteiger partial charge is 0.255 e. The summed E-state index contributed by atoms with van der Waals surface area (Å²) in [6.07, 6.45) is 1.98. The van der Waals surface area contributed by atoms with Crippen LogP contribution in [0.2, 0.25) is 0 Å². The van der Waals surface area contributed by atoms with Crippen molar-refractivity contribution in [3.8, 4) is 0 Å². The van der Waals surface area contributed by atoms with Crippen LogP contribution in [0.1, 0.15) is 15.9 Å². The molecule has 98 valence electrons. The summed E-state index contributed by atoms with van der Waals surface area (Å²) >= 11 is 1.62. The normalized spacial score (nSPS) is 10.3. The van der Waals surface area contributed by atoms with Gasteiger partial charge in [-0.25, -0.2) is 4.39 Å². The molecule has 0 unspecified atom stereocenters. The highest BCUT2D eigenvalue weighted by Crippen LogP contribution is 2.17. The Bertz CT molecular complexity index is 596. The molecule has 0 spiro atoms. The van der Waals surface area contributed by atoms with Crippen LogP contribution in [0, 0.1) is 12.7 Å². The van der Waals surface area contributed by atoms with Gasteiger partial charge in [-0.1, -0.05) is 6.07 Å². The molecule has 2 aromatic rings. The fraction of sp³-hybridized carbons (Fsp3) is 0.133. The summed E-state index contributed by atoms with van der Waals surface area (Å²) in [6, 6.07) is 11.9. The van der Waals surface area contributed by atoms with Gasteiger partial charge in [0, 0.05) is 16.1 Å². The molecule has 0 radical (unpaired) electrons. The molecule has 1 amide bonds. The van der Waals surface area contributed by atoms with E-state index >= 15 is 0 Å². The second-order valence-corrected chi connectivity index (χ2v) is 5.03. The molecule has 4 heteroatoms. The van der Waals surface area contributed by atoms with E-state index in [9.17, 15) is 9.18 Å². The predicted octanol–water partition coefficient (Wildman–Crippen LogP) is 4.11. The highest BCUT2D eigenvalue weighted by atomic mass is 32.2. The highest BCUT2D eigenvalue weighted by molar-refractivity contribution is 7.98. The average molecular weight is 275 g/mol. The first kappa shape index (κ1) is 13.6. The monoisotopic (exact) mass is 275 g/mol. The summed E-state index contributed by atoms with van der Waals surface area (Å²) in [5, 5.41) is 2.68. The molecule has 2 rings (SSSR count). The van der Waals surface area contributed by atoms with Crippen molar-refractivity contribution in [1.82, 2.24) is 0 Å². The first-order valence-corrected chi connectivity index (χ1v) is 7.04. The van der Waals surface area contributed by atoms with Gasteiger partial charge < -0.3 is 5.32 Å². The maximum absolute atomic E-state index is 13.4. The Morgan fingerprint density at radius 1 is 1.16 bits per heavy atom. The number of hydrogen-bond donors (Lipinski definition) is 1. The summed E-state index contributed by atoms with van der Waals surface area (Å²) in [7, 11) is 0. The van der Waals surface area contributed by atoms with Crippen LogP contribution in [0.25, 0.3) is 0 Å². The van der Waals surface area contributed by atoms with E-state index in [1.807, 2.05) is 18.4 Å². The van der Waals surface area contributed by atoms with Gasteiger partial charge in [0.25, 0.3) is 5.91 Å². The number of thioether (sulfide) groups is 1. The zero-order valence-corrected chi connectivity index (χ0v) is 11.6. The summed E-state index contributed by atoms with van der Waals surface area (Å²) in [4.78, 5) is 13.1. The van der Waals surface area contributed by atoms with Gasteiger partial charge in [0.05, 0.1) is 0 Å². The minimum atomic E-state index is -0.324. The average Bonchev–Trinajstić information content (AvgIpc) is 2.43. The number of carbonyl (C=O) groups is 1. The molecule has 0 aromatic heterocycles. The maximum Gasteiger partial charge on any atom is 0.255 e. The second-order valence-electron chi connectivity index (χ2n) is 4.15. The van der Waals surface area contributed by atoms with Gasteiger partial charge >= 0.3 is 0 Å². The lowest BCUT2D eigenvalue weighted by Crippen LogP contribution is -2.11. The molecule has 0 aliphatic rings. The van der Waals surface area contributed by atoms with Crippen LogP contribution in [-0.4, -0.2) is 12.2 Å². The Kier molecular flexibility index (Phi) is 4.22. The molecular formula is C15H14FNOS. The van der Waals surface area contributed by atoms with Crippen molar-refractivity contribution >= 4 is 23.4 Å². The number of rotatable bonds is 3. The molecule has 0 aliphatic carbocycles. The van der Waals surface area contributed by atoms with Crippen LogP contribution >= 0.6 is 11.8 Å². The molecule has 19 heavy (non-hydrogen) atoms. The Morgan fingerprint density at radius 2 is 1.84 bits per heavy atom. The molecule has 0 bridgehead atoms. The van der Waals surface area contributed by atoms with E-state index in [4.69, 9.17) is 0 Å². The molecule has 1 N–H and O–H groups in total. The van der Waals surface area contributed by atoms with Crippen LogP contribution in [0.15, 0.2) is 47.4 Å². The van der Waals surface area contributed by atoms with E-state index in [0.29, 0.717) is 16.8 Å². The van der Waals surface area contributed by atoms with Gasteiger partial charge in [-0.3, -0.25) is 4.79 Å². The van der Waals surface area contributed by atoms with Crippen LogP contribution in [0.4, 0.5) is 10.1 Å². The minimum Gasteiger partial charge on any atom is -0.322 e. The van der Waals surface area contributed by atoms with E-state index < -0.39 is 0 Å². The van der Waals surface area contributed by atoms with Crippen molar-refractivity contribution in [2.24, 2.45) is 0 Å². The first-order chi connectivity index (χ1) is 9.10. The molecule has 0 heterocycles. The van der Waals surface area contributed by atoms with Crippen LogP contribution in [-0.2, 0) is 0 Å². The molecule has 0 atom stereocenters. The van der Waals surface area contributed by atoms with E-state index in [1.165, 1.54) is 6.07 Å². The lowest BCUT2D eigenvalue weighted by Gasteiger charge is -2.07. The number of carbonyl (C=O) groups excluding carboxylic acids is 1. The summed E-state index contributed by atoms with van der Waals surface area (Å²) < 4.78 is 13.4. The molecule has 0 aliphatic heterocycles. The predicted molar refractivity (Wildman–Crippen MR) is 77.3 cm³/mol. The van der Waals surface area contributed by atoms with Crippen LogP contribution in [0.5, 0.6) is 0 Å². The third-order valence-electron chi connectivity index (χ3n) is 2.78. The van der Waals surface area contributed by atoms with Crippen molar-refractivity contribution in [1.29, 1.82) is 0 Å². The van der Waals surface area contributed by atoms with Crippen molar-refractivity contribution in [2.75, 3.05) is 11.6 Å². The third kappa shape index (κ3) is 3.35. The molecular weight excluding hydrogens is 261 g/mol. The number of benzene rings is 2. The van der Waals surface area contributed by atoms with Gasteiger partial charge in [-0.2, -0.15) is 0 Å². The number of anilines is 1. The lowest BCUT2D eigenvalue weighted by atomic mass is 10.2. The summed E-state index contributed by atoms with van der Waals surface area (Å²) in [5.41, 5.74) is 1.57. The SMILES string of the molecule is CSc1ccc(C(=O)Nc2ccc(C)c(F)c2)cc1. The van der Waals surface area contributed by atoms with Crippen LogP contribution in [0.3, 0.4) is 0 Å². The van der Waals surface area contributed by atoms with Crippen molar-refractivity contribution in [2.45, 2.75) is 11.8 Å². The molecule has 2 nitrogen and oxygen atoms in total. The maximum atomic E-state index is 13.4. The quantitative estimate of drug-likeness (QED) is 0.854. The Labute approximate surface area is 116 Å². The number of amides is 1. The van der Waals surface area contributed by atoms with E-state index in [-0.39, 0.29) is 11.7 Å². The van der Waals surface area contributed by atoms with E-state index in [1.54, 1.807) is 43.0 Å². The molecule has 2 aromatic carbocycles. The van der Waals surface area contributed by atoms with Crippen molar-refractivity contribution in [3.63, 3.8) is 0 Å². The van der Waals surface area contributed by atoms with Crippen molar-refractivity contribution < 1.29 is 9.18 Å². The Hall–Kier alpha value is -1.81. The van der Waals surface area contributed by atoms with Gasteiger partial charge in [0.2, 0.25) is 0 Å². The second kappa shape index (κ2) is 5.89. The largest absolute Gasteiger partial charge is 0.322 e. The lowest BCUT2D eigenvalue weighted by molar-refractivity contribution is 0.102. The van der Waals surface area contributed by atoms with Gasteiger partial charge in [-0.15, -0.1) is 11.8 Å². The number of nitrogens with one attached hydrogen (secondary N) is 1. The highest BCUT2D eigenvalue weighted by Gasteiger charge is 2.07. The summed E-state index contributed by atoms with van der Waals surface area (Å²) in [6.45, 7) is 1.68. The zero-order valence-electron chi connectivity index (χ0n) is 10.7. The molecule has 0 saturated carbocycles. The van der Waals surface area contributed by atoms with E-state index in [0.717, 1.165) is 4.90 Å². The third-order valence-corrected chi connectivity index (χ3v) is 3.53. The summed E-state index contributed by atoms with van der Waals surface area (Å²) in [5.74, 6) is -0.563. The molecule has 0 saturated heterocycles. The fourth-order valence-corrected chi connectivity index (χ4v) is 2.02. The van der Waals surface area contributed by atoms with Gasteiger partial charge in [0.1, 0.15) is 5.82 Å². The standard InChI is InChI=1S/C15H14FNOS/c1-10-3-6-12(9-14(10)16)17-15(18)11-4-7-13(19-2)8-5-11/h3-9H,1-2H3,(H,17,18). The van der Waals surface area contributed by atoms with Gasteiger partial charge in [0.15, 0.2) is 0 Å². The number of aryl methyl sites for hydroxylation is 1. The Morgan fingerprint density at radius 3 is 2.42 bits per heavy atom. The molecule has 0 fully saturated rings. The zero-order chi connectivity index (χ0) is 13.8. The fourth-order valence-electron chi connectivity index (χ4n) is 1.62. The Balaban J connectivity index is 2.13. The number of hydrogen-bond acceptors (Lipinski definition) is 2. The van der Waals surface area contributed by atoms with E-state index in [2.05, 4.69) is 5.32 Å². The van der Waals surface area contributed by atoms with Gasteiger partial charge in [-0.05, 0) is 55.1 Å². The van der Waals surface area contributed by atoms with Crippen LogP contribution < -0.4 is 5.32 Å². The van der Waals surface area contributed by atoms with Crippen molar-refractivity contribution in [3.05, 3.63) is 59.4 Å².